The number of halogens is 1. The first-order chi connectivity index (χ1) is 14.5. The number of nitrogens with one attached hydrogen (secondary N) is 1. The standard InChI is InChI=1S/C22H26ClN5OS/c1-4-28(5-2)19-12-8-17(9-13-19)21-25-26-22(27(21)3)30-15-20(29)24-14-16-6-10-18(23)11-7-16/h6-13H,4-5,14-15H2,1-3H3,(H,24,29). The Morgan fingerprint density at radius 3 is 2.37 bits per heavy atom. The molecule has 0 bridgehead atoms. The Kier molecular flexibility index (Phi) is 7.76. The maximum absolute atomic E-state index is 12.2. The van der Waals surface area contributed by atoms with E-state index in [2.05, 4.69) is 58.5 Å². The van der Waals surface area contributed by atoms with Gasteiger partial charge in [0.25, 0.3) is 0 Å². The first-order valence-corrected chi connectivity index (χ1v) is 11.3. The zero-order valence-electron chi connectivity index (χ0n) is 17.4. The van der Waals surface area contributed by atoms with Crippen molar-refractivity contribution in [3.8, 4) is 11.4 Å². The number of benzene rings is 2. The number of hydrogen-bond donors (Lipinski definition) is 1. The van der Waals surface area contributed by atoms with Gasteiger partial charge in [-0.3, -0.25) is 4.79 Å². The summed E-state index contributed by atoms with van der Waals surface area (Å²) >= 11 is 7.25. The molecule has 0 unspecified atom stereocenters. The third-order valence-electron chi connectivity index (χ3n) is 4.82. The monoisotopic (exact) mass is 443 g/mol. The van der Waals surface area contributed by atoms with Crippen LogP contribution >= 0.6 is 23.4 Å². The summed E-state index contributed by atoms with van der Waals surface area (Å²) in [5.41, 5.74) is 3.20. The lowest BCUT2D eigenvalue weighted by Crippen LogP contribution is -2.24. The zero-order valence-corrected chi connectivity index (χ0v) is 19.0. The molecule has 0 radical (unpaired) electrons. The van der Waals surface area contributed by atoms with Gasteiger partial charge in [-0.1, -0.05) is 35.5 Å². The summed E-state index contributed by atoms with van der Waals surface area (Å²) in [6.45, 7) is 6.71. The fourth-order valence-electron chi connectivity index (χ4n) is 3.09. The molecule has 1 aromatic heterocycles. The number of anilines is 1. The van der Waals surface area contributed by atoms with E-state index in [-0.39, 0.29) is 11.7 Å². The maximum Gasteiger partial charge on any atom is 0.230 e. The van der Waals surface area contributed by atoms with E-state index in [1.165, 1.54) is 17.4 Å². The molecule has 0 saturated carbocycles. The third kappa shape index (κ3) is 5.55. The number of hydrogen-bond acceptors (Lipinski definition) is 5. The van der Waals surface area contributed by atoms with Gasteiger partial charge in [0.2, 0.25) is 5.91 Å². The topological polar surface area (TPSA) is 63.1 Å². The fraction of sp³-hybridized carbons (Fsp3) is 0.318. The number of rotatable bonds is 9. The van der Waals surface area contributed by atoms with Gasteiger partial charge in [0.1, 0.15) is 0 Å². The zero-order chi connectivity index (χ0) is 21.5. The summed E-state index contributed by atoms with van der Waals surface area (Å²) < 4.78 is 1.92. The molecule has 3 aromatic rings. The van der Waals surface area contributed by atoms with Gasteiger partial charge >= 0.3 is 0 Å². The van der Waals surface area contributed by atoms with Crippen LogP contribution in [0.15, 0.2) is 53.7 Å². The Labute approximate surface area is 186 Å². The minimum absolute atomic E-state index is 0.0527. The molecule has 2 aromatic carbocycles. The van der Waals surface area contributed by atoms with Crippen molar-refractivity contribution in [3.63, 3.8) is 0 Å². The van der Waals surface area contributed by atoms with Crippen LogP contribution in [-0.2, 0) is 18.4 Å². The van der Waals surface area contributed by atoms with Crippen LogP contribution in [0.25, 0.3) is 11.4 Å². The van der Waals surface area contributed by atoms with E-state index >= 15 is 0 Å². The van der Waals surface area contributed by atoms with Crippen molar-refractivity contribution in [1.82, 2.24) is 20.1 Å². The van der Waals surface area contributed by atoms with Crippen molar-refractivity contribution < 1.29 is 4.79 Å². The highest BCUT2D eigenvalue weighted by Crippen LogP contribution is 2.25. The van der Waals surface area contributed by atoms with Crippen LogP contribution < -0.4 is 10.2 Å². The van der Waals surface area contributed by atoms with Gasteiger partial charge in [0.15, 0.2) is 11.0 Å². The SMILES string of the molecule is CCN(CC)c1ccc(-c2nnc(SCC(=O)NCc3ccc(Cl)cc3)n2C)cc1. The lowest BCUT2D eigenvalue weighted by molar-refractivity contribution is -0.118. The second kappa shape index (κ2) is 10.5. The highest BCUT2D eigenvalue weighted by Gasteiger charge is 2.13. The van der Waals surface area contributed by atoms with Gasteiger partial charge in [-0.15, -0.1) is 10.2 Å². The number of aromatic nitrogens is 3. The van der Waals surface area contributed by atoms with Crippen molar-refractivity contribution in [3.05, 3.63) is 59.1 Å². The van der Waals surface area contributed by atoms with E-state index in [1.807, 2.05) is 35.9 Å². The molecular formula is C22H26ClN5OS. The number of thioether (sulfide) groups is 1. The van der Waals surface area contributed by atoms with Gasteiger partial charge in [-0.25, -0.2) is 0 Å². The Balaban J connectivity index is 1.57. The maximum atomic E-state index is 12.2. The second-order valence-corrected chi connectivity index (χ2v) is 8.16. The molecule has 1 N–H and O–H groups in total. The number of carbonyl (C=O) groups excluding carboxylic acids is 1. The second-order valence-electron chi connectivity index (χ2n) is 6.78. The van der Waals surface area contributed by atoms with Crippen LogP contribution in [0.1, 0.15) is 19.4 Å². The van der Waals surface area contributed by atoms with Crippen molar-refractivity contribution in [2.75, 3.05) is 23.7 Å². The van der Waals surface area contributed by atoms with Crippen LogP contribution in [0.3, 0.4) is 0 Å². The molecule has 0 saturated heterocycles. The Morgan fingerprint density at radius 2 is 1.73 bits per heavy atom. The molecule has 0 fully saturated rings. The Bertz CT molecular complexity index is 968. The molecule has 158 valence electrons. The van der Waals surface area contributed by atoms with Gasteiger partial charge in [-0.05, 0) is 55.8 Å². The summed E-state index contributed by atoms with van der Waals surface area (Å²) in [7, 11) is 1.92. The summed E-state index contributed by atoms with van der Waals surface area (Å²) in [6, 6.07) is 15.8. The molecule has 0 aliphatic rings. The molecule has 8 heteroatoms. The average molecular weight is 444 g/mol. The highest BCUT2D eigenvalue weighted by atomic mass is 35.5. The third-order valence-corrected chi connectivity index (χ3v) is 6.10. The van der Waals surface area contributed by atoms with Gasteiger partial charge in [0, 0.05) is 43.0 Å². The minimum atomic E-state index is -0.0527. The molecule has 0 aliphatic heterocycles. The minimum Gasteiger partial charge on any atom is -0.372 e. The van der Waals surface area contributed by atoms with Crippen molar-refractivity contribution in [1.29, 1.82) is 0 Å². The van der Waals surface area contributed by atoms with E-state index < -0.39 is 0 Å². The van der Waals surface area contributed by atoms with Crippen molar-refractivity contribution >= 4 is 35.0 Å². The molecule has 0 atom stereocenters. The van der Waals surface area contributed by atoms with Crippen LogP contribution in [-0.4, -0.2) is 39.5 Å². The summed E-state index contributed by atoms with van der Waals surface area (Å²) in [5, 5.41) is 12.9. The lowest BCUT2D eigenvalue weighted by atomic mass is 10.2. The van der Waals surface area contributed by atoms with E-state index in [1.54, 1.807) is 0 Å². The summed E-state index contributed by atoms with van der Waals surface area (Å²) in [6.07, 6.45) is 0. The molecule has 30 heavy (non-hydrogen) atoms. The van der Waals surface area contributed by atoms with E-state index in [9.17, 15) is 4.79 Å². The van der Waals surface area contributed by atoms with Crippen LogP contribution in [0, 0.1) is 0 Å². The lowest BCUT2D eigenvalue weighted by Gasteiger charge is -2.21. The van der Waals surface area contributed by atoms with Gasteiger partial charge < -0.3 is 14.8 Å². The quantitative estimate of drug-likeness (QED) is 0.497. The predicted molar refractivity (Wildman–Crippen MR) is 124 cm³/mol. The summed E-state index contributed by atoms with van der Waals surface area (Å²) in [5.74, 6) is 1.01. The van der Waals surface area contributed by atoms with Crippen LogP contribution in [0.5, 0.6) is 0 Å². The molecule has 1 amide bonds. The largest absolute Gasteiger partial charge is 0.372 e. The predicted octanol–water partition coefficient (Wildman–Crippen LogP) is 4.39. The Morgan fingerprint density at radius 1 is 1.07 bits per heavy atom. The molecule has 3 rings (SSSR count). The Hall–Kier alpha value is -2.51. The molecule has 0 spiro atoms. The molecule has 6 nitrogen and oxygen atoms in total. The smallest absolute Gasteiger partial charge is 0.230 e. The van der Waals surface area contributed by atoms with Gasteiger partial charge in [-0.2, -0.15) is 0 Å². The number of nitrogens with zero attached hydrogens (tertiary/aromatic N) is 4. The van der Waals surface area contributed by atoms with E-state index in [0.717, 1.165) is 30.0 Å². The van der Waals surface area contributed by atoms with Crippen LogP contribution in [0.2, 0.25) is 5.02 Å². The summed E-state index contributed by atoms with van der Waals surface area (Å²) in [4.78, 5) is 14.5. The normalized spacial score (nSPS) is 10.8. The molecule has 0 aliphatic carbocycles. The van der Waals surface area contributed by atoms with Crippen molar-refractivity contribution in [2.24, 2.45) is 7.05 Å². The van der Waals surface area contributed by atoms with Crippen molar-refractivity contribution in [2.45, 2.75) is 25.5 Å². The molecule has 1 heterocycles. The first kappa shape index (κ1) is 22.2. The fourth-order valence-corrected chi connectivity index (χ4v) is 3.95. The van der Waals surface area contributed by atoms with Crippen LogP contribution in [0.4, 0.5) is 5.69 Å². The number of amides is 1. The highest BCUT2D eigenvalue weighted by molar-refractivity contribution is 7.99. The first-order valence-electron chi connectivity index (χ1n) is 9.90. The molecular weight excluding hydrogens is 418 g/mol. The van der Waals surface area contributed by atoms with E-state index in [0.29, 0.717) is 16.7 Å². The number of carbonyl (C=O) groups is 1. The van der Waals surface area contributed by atoms with E-state index in [4.69, 9.17) is 11.6 Å². The average Bonchev–Trinajstić information content (AvgIpc) is 3.13. The van der Waals surface area contributed by atoms with Gasteiger partial charge in [0.05, 0.1) is 5.75 Å².